The van der Waals surface area contributed by atoms with Crippen molar-refractivity contribution in [2.24, 2.45) is 0 Å². The SMILES string of the molecule is CCNC(=O)NCC(=O)Nc1cccc(-c2ccc([C@@]3(CC(=O)NOC4CCCCO4)CCCCS3)s2)c1. The fourth-order valence-electron chi connectivity index (χ4n) is 4.58. The molecule has 1 unspecified atom stereocenters. The van der Waals surface area contributed by atoms with Gasteiger partial charge in [0.15, 0.2) is 6.29 Å². The molecule has 2 fully saturated rings. The average Bonchev–Trinajstić information content (AvgIpc) is 3.44. The van der Waals surface area contributed by atoms with E-state index in [1.165, 1.54) is 4.88 Å². The van der Waals surface area contributed by atoms with Crippen LogP contribution in [0.3, 0.4) is 0 Å². The topological polar surface area (TPSA) is 118 Å². The molecule has 2 aromatic rings. The first kappa shape index (κ1) is 28.4. The molecule has 0 saturated carbocycles. The molecule has 206 valence electrons. The van der Waals surface area contributed by atoms with Crippen LogP contribution in [0.4, 0.5) is 10.5 Å². The minimum absolute atomic E-state index is 0.113. The number of ether oxygens (including phenoxy) is 1. The number of thioether (sulfide) groups is 1. The van der Waals surface area contributed by atoms with Crippen molar-refractivity contribution in [3.8, 4) is 10.4 Å². The minimum Gasteiger partial charge on any atom is -0.350 e. The molecule has 4 rings (SSSR count). The predicted octanol–water partition coefficient (Wildman–Crippen LogP) is 4.75. The molecule has 1 aromatic carbocycles. The standard InChI is InChI=1S/C27H36N4O5S2/c1-2-28-26(34)29-18-24(33)30-20-9-7-8-19(16-20)21-11-12-22(38-21)27(13-4-6-15-37-27)17-23(32)31-36-25-10-3-5-14-35-25/h7-9,11-12,16,25H,2-6,10,13-15,17-18H2,1H3,(H,30,33)(H,31,32)(H2,28,29,34)/t25?,27-/m0/s1. The number of thiophene rings is 1. The molecule has 3 heterocycles. The molecule has 0 bridgehead atoms. The Balaban J connectivity index is 1.40. The number of hydrogen-bond acceptors (Lipinski definition) is 7. The number of benzene rings is 1. The number of nitrogens with one attached hydrogen (secondary N) is 4. The second-order valence-corrected chi connectivity index (χ2v) is 12.0. The Labute approximate surface area is 231 Å². The van der Waals surface area contributed by atoms with Gasteiger partial charge in [0.2, 0.25) is 11.8 Å². The summed E-state index contributed by atoms with van der Waals surface area (Å²) < 4.78 is 5.27. The Bertz CT molecular complexity index is 1100. The van der Waals surface area contributed by atoms with Crippen molar-refractivity contribution in [1.29, 1.82) is 0 Å². The quantitative estimate of drug-likeness (QED) is 0.312. The number of carbonyl (C=O) groups is 3. The van der Waals surface area contributed by atoms with Gasteiger partial charge in [0, 0.05) is 41.4 Å². The molecule has 0 aliphatic carbocycles. The Kier molecular flexibility index (Phi) is 10.4. The lowest BCUT2D eigenvalue weighted by molar-refractivity contribution is -0.200. The van der Waals surface area contributed by atoms with E-state index in [1.54, 1.807) is 11.3 Å². The highest BCUT2D eigenvalue weighted by Crippen LogP contribution is 2.51. The van der Waals surface area contributed by atoms with E-state index in [1.807, 2.05) is 43.0 Å². The molecule has 1 aromatic heterocycles. The molecule has 9 nitrogen and oxygen atoms in total. The van der Waals surface area contributed by atoms with E-state index in [0.717, 1.165) is 54.7 Å². The van der Waals surface area contributed by atoms with Gasteiger partial charge < -0.3 is 20.7 Å². The molecular weight excluding hydrogens is 524 g/mol. The van der Waals surface area contributed by atoms with E-state index in [-0.39, 0.29) is 35.4 Å². The summed E-state index contributed by atoms with van der Waals surface area (Å²) in [6, 6.07) is 11.5. The Morgan fingerprint density at radius 1 is 1.08 bits per heavy atom. The van der Waals surface area contributed by atoms with Crippen molar-refractivity contribution >= 4 is 46.6 Å². The molecule has 38 heavy (non-hydrogen) atoms. The van der Waals surface area contributed by atoms with Crippen LogP contribution in [0.2, 0.25) is 0 Å². The van der Waals surface area contributed by atoms with Gasteiger partial charge in [-0.2, -0.15) is 0 Å². The zero-order valence-electron chi connectivity index (χ0n) is 21.7. The summed E-state index contributed by atoms with van der Waals surface area (Å²) in [5.74, 6) is 0.581. The van der Waals surface area contributed by atoms with Crippen LogP contribution in [-0.2, 0) is 23.9 Å². The van der Waals surface area contributed by atoms with Crippen LogP contribution in [0.1, 0.15) is 56.7 Å². The van der Waals surface area contributed by atoms with E-state index in [4.69, 9.17) is 9.57 Å². The van der Waals surface area contributed by atoms with Crippen LogP contribution in [-0.4, -0.2) is 49.6 Å². The summed E-state index contributed by atoms with van der Waals surface area (Å²) in [6.45, 7) is 2.85. The highest BCUT2D eigenvalue weighted by Gasteiger charge is 2.38. The number of hydroxylamine groups is 1. The van der Waals surface area contributed by atoms with Crippen molar-refractivity contribution in [2.75, 3.05) is 30.8 Å². The van der Waals surface area contributed by atoms with E-state index >= 15 is 0 Å². The highest BCUT2D eigenvalue weighted by atomic mass is 32.2. The van der Waals surface area contributed by atoms with Gasteiger partial charge in [0.05, 0.1) is 11.3 Å². The molecule has 2 atom stereocenters. The number of rotatable bonds is 10. The molecule has 0 radical (unpaired) electrons. The summed E-state index contributed by atoms with van der Waals surface area (Å²) in [6.07, 6.45) is 5.99. The summed E-state index contributed by atoms with van der Waals surface area (Å²) in [4.78, 5) is 44.5. The third kappa shape index (κ3) is 7.95. The maximum absolute atomic E-state index is 12.9. The summed E-state index contributed by atoms with van der Waals surface area (Å²) in [5, 5.41) is 7.96. The average molecular weight is 561 g/mol. The van der Waals surface area contributed by atoms with Crippen LogP contribution >= 0.6 is 23.1 Å². The number of hydrogen-bond donors (Lipinski definition) is 4. The highest BCUT2D eigenvalue weighted by molar-refractivity contribution is 8.00. The largest absolute Gasteiger partial charge is 0.350 e. The van der Waals surface area contributed by atoms with Crippen LogP contribution in [0.5, 0.6) is 0 Å². The summed E-state index contributed by atoms with van der Waals surface area (Å²) >= 11 is 3.53. The van der Waals surface area contributed by atoms with Gasteiger partial charge in [-0.05, 0) is 68.2 Å². The van der Waals surface area contributed by atoms with Crippen molar-refractivity contribution < 1.29 is 24.0 Å². The molecule has 4 amide bonds. The lowest BCUT2D eigenvalue weighted by atomic mass is 9.94. The van der Waals surface area contributed by atoms with Gasteiger partial charge in [0.25, 0.3) is 0 Å². The molecule has 11 heteroatoms. The van der Waals surface area contributed by atoms with Gasteiger partial charge in [0.1, 0.15) is 0 Å². The van der Waals surface area contributed by atoms with Crippen LogP contribution in [0, 0.1) is 0 Å². The first-order chi connectivity index (χ1) is 18.5. The monoisotopic (exact) mass is 560 g/mol. The third-order valence-corrected chi connectivity index (χ3v) is 9.56. The first-order valence-electron chi connectivity index (χ1n) is 13.2. The second-order valence-electron chi connectivity index (χ2n) is 9.42. The normalized spacial score (nSPS) is 21.3. The molecule has 0 spiro atoms. The smallest absolute Gasteiger partial charge is 0.315 e. The van der Waals surface area contributed by atoms with Gasteiger partial charge in [-0.25, -0.2) is 15.1 Å². The van der Waals surface area contributed by atoms with Crippen molar-refractivity contribution in [3.63, 3.8) is 0 Å². The van der Waals surface area contributed by atoms with Crippen molar-refractivity contribution in [2.45, 2.75) is 62.9 Å². The molecule has 2 aliphatic heterocycles. The van der Waals surface area contributed by atoms with E-state index in [9.17, 15) is 14.4 Å². The van der Waals surface area contributed by atoms with E-state index in [2.05, 4.69) is 33.6 Å². The number of carbonyl (C=O) groups excluding carboxylic acids is 3. The van der Waals surface area contributed by atoms with Crippen LogP contribution in [0.25, 0.3) is 10.4 Å². The third-order valence-electron chi connectivity index (χ3n) is 6.47. The van der Waals surface area contributed by atoms with Crippen LogP contribution < -0.4 is 21.4 Å². The van der Waals surface area contributed by atoms with Crippen molar-refractivity contribution in [3.05, 3.63) is 41.3 Å². The van der Waals surface area contributed by atoms with E-state index in [0.29, 0.717) is 25.3 Å². The number of urea groups is 1. The Morgan fingerprint density at radius 2 is 1.97 bits per heavy atom. The van der Waals surface area contributed by atoms with Gasteiger partial charge >= 0.3 is 6.03 Å². The van der Waals surface area contributed by atoms with Gasteiger partial charge in [-0.1, -0.05) is 18.6 Å². The lowest BCUT2D eigenvalue weighted by Gasteiger charge is -2.35. The van der Waals surface area contributed by atoms with Crippen molar-refractivity contribution in [1.82, 2.24) is 16.1 Å². The predicted molar refractivity (Wildman–Crippen MR) is 151 cm³/mol. The second kappa shape index (κ2) is 14.0. The number of amides is 4. The molecular formula is C27H36N4O5S2. The molecule has 4 N–H and O–H groups in total. The fourth-order valence-corrected chi connectivity index (χ4v) is 7.47. The molecule has 2 saturated heterocycles. The zero-order valence-corrected chi connectivity index (χ0v) is 23.3. The van der Waals surface area contributed by atoms with E-state index < -0.39 is 0 Å². The number of anilines is 1. The summed E-state index contributed by atoms with van der Waals surface area (Å²) in [5.41, 5.74) is 4.28. The minimum atomic E-state index is -0.375. The molecule has 2 aliphatic rings. The van der Waals surface area contributed by atoms with Gasteiger partial charge in [-0.15, -0.1) is 23.1 Å². The van der Waals surface area contributed by atoms with Gasteiger partial charge in [-0.3, -0.25) is 9.59 Å². The Morgan fingerprint density at radius 3 is 2.74 bits per heavy atom. The maximum Gasteiger partial charge on any atom is 0.315 e. The fraction of sp³-hybridized carbons (Fsp3) is 0.519. The zero-order chi connectivity index (χ0) is 26.8. The first-order valence-corrected chi connectivity index (χ1v) is 15.0. The lowest BCUT2D eigenvalue weighted by Crippen LogP contribution is -2.39. The maximum atomic E-state index is 12.9. The summed E-state index contributed by atoms with van der Waals surface area (Å²) in [7, 11) is 0. The van der Waals surface area contributed by atoms with Crippen LogP contribution in [0.15, 0.2) is 36.4 Å². The Hall–Kier alpha value is -2.60.